The monoisotopic (exact) mass is 294 g/mol. The molecule has 0 aliphatic heterocycles. The van der Waals surface area contributed by atoms with Gasteiger partial charge in [-0.1, -0.05) is 28.8 Å². The minimum Gasteiger partial charge on any atom is -0.394 e. The lowest BCUT2D eigenvalue weighted by Gasteiger charge is -2.29. The van der Waals surface area contributed by atoms with Crippen molar-refractivity contribution < 1.29 is 5.11 Å². The molecule has 0 heterocycles. The van der Waals surface area contributed by atoms with Gasteiger partial charge in [0.05, 0.1) is 23.8 Å². The molecule has 0 bridgehead atoms. The van der Waals surface area contributed by atoms with E-state index < -0.39 is 0 Å². The third kappa shape index (κ3) is 2.80. The normalized spacial score (nSPS) is 17.7. The summed E-state index contributed by atoms with van der Waals surface area (Å²) < 4.78 is 0.880. The number of nitriles is 1. The first-order chi connectivity index (χ1) is 8.17. The lowest BCUT2D eigenvalue weighted by molar-refractivity contribution is 0.214. The fraction of sp³-hybridized carbons (Fsp3) is 0.462. The van der Waals surface area contributed by atoms with E-state index in [9.17, 15) is 5.11 Å². The Hall–Kier alpha value is -1.05. The summed E-state index contributed by atoms with van der Waals surface area (Å²) in [5.74, 6) is 0. The molecule has 0 atom stereocenters. The number of halogens is 1. The molecule has 90 valence electrons. The van der Waals surface area contributed by atoms with Crippen LogP contribution >= 0.6 is 15.9 Å². The van der Waals surface area contributed by atoms with E-state index in [0.717, 1.165) is 35.8 Å². The lowest BCUT2D eigenvalue weighted by Crippen LogP contribution is -2.39. The van der Waals surface area contributed by atoms with Gasteiger partial charge in [0.15, 0.2) is 0 Å². The summed E-state index contributed by atoms with van der Waals surface area (Å²) in [5, 5.41) is 21.8. The quantitative estimate of drug-likeness (QED) is 0.901. The topological polar surface area (TPSA) is 56.0 Å². The van der Waals surface area contributed by atoms with Crippen LogP contribution in [-0.2, 0) is 0 Å². The number of anilines is 1. The fourth-order valence-corrected chi connectivity index (χ4v) is 2.90. The van der Waals surface area contributed by atoms with E-state index >= 15 is 0 Å². The second kappa shape index (κ2) is 5.07. The summed E-state index contributed by atoms with van der Waals surface area (Å²) in [4.78, 5) is 0. The highest BCUT2D eigenvalue weighted by molar-refractivity contribution is 9.10. The zero-order chi connectivity index (χ0) is 12.3. The van der Waals surface area contributed by atoms with Crippen LogP contribution < -0.4 is 5.32 Å². The van der Waals surface area contributed by atoms with Gasteiger partial charge in [-0.05, 0) is 31.0 Å². The second-order valence-electron chi connectivity index (χ2n) is 4.61. The number of hydrogen-bond donors (Lipinski definition) is 2. The molecule has 0 saturated heterocycles. The van der Waals surface area contributed by atoms with Gasteiger partial charge in [0, 0.05) is 10.2 Å². The molecule has 1 aromatic carbocycles. The van der Waals surface area contributed by atoms with Gasteiger partial charge in [-0.25, -0.2) is 0 Å². The Morgan fingerprint density at radius 1 is 1.35 bits per heavy atom. The summed E-state index contributed by atoms with van der Waals surface area (Å²) in [6.07, 6.45) is 4.26. The van der Waals surface area contributed by atoms with Crippen molar-refractivity contribution in [2.75, 3.05) is 11.9 Å². The Kier molecular flexibility index (Phi) is 3.70. The Morgan fingerprint density at radius 2 is 2.06 bits per heavy atom. The van der Waals surface area contributed by atoms with Crippen LogP contribution in [0.4, 0.5) is 5.69 Å². The molecule has 0 amide bonds. The van der Waals surface area contributed by atoms with Gasteiger partial charge in [-0.15, -0.1) is 0 Å². The number of hydrogen-bond acceptors (Lipinski definition) is 3. The molecule has 0 radical (unpaired) electrons. The predicted octanol–water partition coefficient (Wildman–Crippen LogP) is 3.04. The van der Waals surface area contributed by atoms with Crippen LogP contribution in [0.25, 0.3) is 0 Å². The van der Waals surface area contributed by atoms with Crippen LogP contribution in [0.3, 0.4) is 0 Å². The van der Waals surface area contributed by atoms with Crippen LogP contribution in [0.5, 0.6) is 0 Å². The maximum Gasteiger partial charge on any atom is 0.0992 e. The number of benzene rings is 1. The fourth-order valence-electron chi connectivity index (χ4n) is 2.41. The van der Waals surface area contributed by atoms with Gasteiger partial charge >= 0.3 is 0 Å². The number of nitrogens with zero attached hydrogens (tertiary/aromatic N) is 1. The van der Waals surface area contributed by atoms with Gasteiger partial charge in [-0.3, -0.25) is 0 Å². The minimum absolute atomic E-state index is 0.140. The Labute approximate surface area is 110 Å². The molecule has 1 aromatic rings. The van der Waals surface area contributed by atoms with Crippen LogP contribution in [0.1, 0.15) is 31.2 Å². The lowest BCUT2D eigenvalue weighted by atomic mass is 9.98. The highest BCUT2D eigenvalue weighted by atomic mass is 79.9. The van der Waals surface area contributed by atoms with Gasteiger partial charge in [0.25, 0.3) is 0 Å². The molecule has 1 aliphatic carbocycles. The van der Waals surface area contributed by atoms with Crippen LogP contribution in [-0.4, -0.2) is 17.3 Å². The van der Waals surface area contributed by atoms with Crippen LogP contribution in [0.15, 0.2) is 22.7 Å². The zero-order valence-electron chi connectivity index (χ0n) is 9.54. The van der Waals surface area contributed by atoms with Crippen molar-refractivity contribution in [3.05, 3.63) is 28.2 Å². The Bertz CT molecular complexity index is 447. The first-order valence-electron chi connectivity index (χ1n) is 5.77. The van der Waals surface area contributed by atoms with E-state index in [1.165, 1.54) is 0 Å². The van der Waals surface area contributed by atoms with Gasteiger partial charge in [0.1, 0.15) is 0 Å². The van der Waals surface area contributed by atoms with E-state index in [0.29, 0.717) is 5.56 Å². The van der Waals surface area contributed by atoms with Crippen molar-refractivity contribution in [2.45, 2.75) is 31.2 Å². The standard InChI is InChI=1S/C13H15BrN2O/c14-11-5-10(8-15)6-12(7-11)16-13(9-17)3-1-2-4-13/h5-7,16-17H,1-4,9H2. The van der Waals surface area contributed by atoms with Crippen molar-refractivity contribution in [3.8, 4) is 6.07 Å². The van der Waals surface area contributed by atoms with E-state index in [-0.39, 0.29) is 12.1 Å². The van der Waals surface area contributed by atoms with Crippen LogP contribution in [0, 0.1) is 11.3 Å². The summed E-state index contributed by atoms with van der Waals surface area (Å²) in [5.41, 5.74) is 1.31. The molecule has 0 spiro atoms. The average molecular weight is 295 g/mol. The summed E-state index contributed by atoms with van der Waals surface area (Å²) >= 11 is 3.39. The highest BCUT2D eigenvalue weighted by Crippen LogP contribution is 2.33. The van der Waals surface area contributed by atoms with Crippen molar-refractivity contribution in [3.63, 3.8) is 0 Å². The van der Waals surface area contributed by atoms with E-state index in [2.05, 4.69) is 27.3 Å². The molecule has 1 fully saturated rings. The molecular weight excluding hydrogens is 280 g/mol. The number of aliphatic hydroxyl groups is 1. The molecule has 1 aliphatic rings. The van der Waals surface area contributed by atoms with E-state index in [4.69, 9.17) is 5.26 Å². The molecule has 0 aromatic heterocycles. The van der Waals surface area contributed by atoms with Gasteiger partial charge in [0.2, 0.25) is 0 Å². The van der Waals surface area contributed by atoms with Crippen molar-refractivity contribution in [1.29, 1.82) is 5.26 Å². The first-order valence-corrected chi connectivity index (χ1v) is 6.56. The average Bonchev–Trinajstić information content (AvgIpc) is 2.77. The van der Waals surface area contributed by atoms with Gasteiger partial charge < -0.3 is 10.4 Å². The third-order valence-electron chi connectivity index (χ3n) is 3.30. The predicted molar refractivity (Wildman–Crippen MR) is 70.8 cm³/mol. The van der Waals surface area contributed by atoms with Crippen molar-refractivity contribution in [1.82, 2.24) is 0 Å². The molecule has 3 nitrogen and oxygen atoms in total. The third-order valence-corrected chi connectivity index (χ3v) is 3.76. The van der Waals surface area contributed by atoms with E-state index in [1.54, 1.807) is 6.07 Å². The summed E-state index contributed by atoms with van der Waals surface area (Å²) in [7, 11) is 0. The van der Waals surface area contributed by atoms with E-state index in [1.807, 2.05) is 12.1 Å². The molecule has 2 N–H and O–H groups in total. The zero-order valence-corrected chi connectivity index (χ0v) is 11.1. The minimum atomic E-state index is -0.201. The van der Waals surface area contributed by atoms with Crippen LogP contribution in [0.2, 0.25) is 0 Å². The summed E-state index contributed by atoms with van der Waals surface area (Å²) in [6.45, 7) is 0.140. The van der Waals surface area contributed by atoms with Crippen molar-refractivity contribution >= 4 is 21.6 Å². The number of rotatable bonds is 3. The summed E-state index contributed by atoms with van der Waals surface area (Å²) in [6, 6.07) is 7.68. The first kappa shape index (κ1) is 12.4. The highest BCUT2D eigenvalue weighted by Gasteiger charge is 2.32. The maximum atomic E-state index is 9.53. The Morgan fingerprint density at radius 3 is 2.65 bits per heavy atom. The SMILES string of the molecule is N#Cc1cc(Br)cc(NC2(CO)CCCC2)c1. The molecule has 1 saturated carbocycles. The molecule has 4 heteroatoms. The Balaban J connectivity index is 2.23. The molecule has 2 rings (SSSR count). The number of nitrogens with one attached hydrogen (secondary N) is 1. The molecular formula is C13H15BrN2O. The van der Waals surface area contributed by atoms with Gasteiger partial charge in [-0.2, -0.15) is 5.26 Å². The molecule has 0 unspecified atom stereocenters. The number of aliphatic hydroxyl groups excluding tert-OH is 1. The molecule has 17 heavy (non-hydrogen) atoms. The largest absolute Gasteiger partial charge is 0.394 e. The van der Waals surface area contributed by atoms with Crippen molar-refractivity contribution in [2.24, 2.45) is 0 Å². The second-order valence-corrected chi connectivity index (χ2v) is 5.53. The maximum absolute atomic E-state index is 9.53. The smallest absolute Gasteiger partial charge is 0.0992 e.